The second-order valence-corrected chi connectivity index (χ2v) is 5.57. The van der Waals surface area contributed by atoms with Crippen molar-refractivity contribution >= 4 is 0 Å². The molecule has 21 heavy (non-hydrogen) atoms. The van der Waals surface area contributed by atoms with Crippen LogP contribution in [0, 0.1) is 10.1 Å². The van der Waals surface area contributed by atoms with Crippen LogP contribution in [0.15, 0.2) is 6.07 Å². The first-order valence-corrected chi connectivity index (χ1v) is 6.99. The highest BCUT2D eigenvalue weighted by Gasteiger charge is 2.43. The summed E-state index contributed by atoms with van der Waals surface area (Å²) in [6, 6.07) is 0.985. The van der Waals surface area contributed by atoms with Crippen LogP contribution in [-0.4, -0.2) is 38.5 Å². The Morgan fingerprint density at radius 1 is 1.52 bits per heavy atom. The van der Waals surface area contributed by atoms with Gasteiger partial charge in [0.25, 0.3) is 6.04 Å². The Kier molecular flexibility index (Phi) is 3.36. The zero-order valence-corrected chi connectivity index (χ0v) is 12.3. The van der Waals surface area contributed by atoms with Crippen LogP contribution in [0.5, 0.6) is 17.2 Å². The molecule has 3 rings (SSSR count). The fourth-order valence-electron chi connectivity index (χ4n) is 3.34. The zero-order valence-electron chi connectivity index (χ0n) is 12.3. The molecule has 0 aromatic heterocycles. The van der Waals surface area contributed by atoms with E-state index in [0.29, 0.717) is 17.2 Å². The van der Waals surface area contributed by atoms with Gasteiger partial charge in [-0.05, 0) is 11.6 Å². The third kappa shape index (κ3) is 2.08. The number of likely N-dealkylation sites (N-methyl/N-ethyl adjacent to an activating group) is 1. The van der Waals surface area contributed by atoms with Crippen LogP contribution in [0.25, 0.3) is 0 Å². The third-order valence-electron chi connectivity index (χ3n) is 4.39. The van der Waals surface area contributed by atoms with E-state index < -0.39 is 6.04 Å². The molecule has 1 N–H and O–H groups in total. The van der Waals surface area contributed by atoms with Gasteiger partial charge in [0.1, 0.15) is 0 Å². The van der Waals surface area contributed by atoms with E-state index in [1.54, 1.807) is 14.0 Å². The average molecular weight is 295 g/mol. The van der Waals surface area contributed by atoms with E-state index in [4.69, 9.17) is 14.2 Å². The van der Waals surface area contributed by atoms with E-state index in [0.717, 1.165) is 29.0 Å². The van der Waals surface area contributed by atoms with Crippen LogP contribution in [-0.2, 0) is 6.42 Å². The first-order chi connectivity index (χ1) is 10.0. The standard InChI is InChI=1S/C14H18N2O5/c1-8(16(17)18)12-11-9(4-5-15(12)2)6-10-13(14(11)19-3)21-7-20-10/h6,8,12H,4-5,7H2,1-3H3/p+1/t8-,12-/m1/s1. The minimum absolute atomic E-state index is 0.159. The van der Waals surface area contributed by atoms with Crippen LogP contribution >= 0.6 is 0 Å². The van der Waals surface area contributed by atoms with E-state index in [9.17, 15) is 10.1 Å². The summed E-state index contributed by atoms with van der Waals surface area (Å²) in [6.45, 7) is 2.65. The smallest absolute Gasteiger partial charge is 0.265 e. The molecule has 3 atom stereocenters. The molecule has 114 valence electrons. The molecular weight excluding hydrogens is 276 g/mol. The summed E-state index contributed by atoms with van der Waals surface area (Å²) in [5, 5.41) is 11.3. The highest BCUT2D eigenvalue weighted by molar-refractivity contribution is 5.61. The van der Waals surface area contributed by atoms with Crippen molar-refractivity contribution in [3.8, 4) is 17.2 Å². The lowest BCUT2D eigenvalue weighted by Crippen LogP contribution is -3.11. The van der Waals surface area contributed by atoms with Crippen molar-refractivity contribution in [2.75, 3.05) is 27.5 Å². The molecule has 0 saturated heterocycles. The lowest BCUT2D eigenvalue weighted by molar-refractivity contribution is -0.927. The molecule has 2 aliphatic rings. The number of quaternary nitrogens is 1. The van der Waals surface area contributed by atoms with Crippen molar-refractivity contribution in [1.82, 2.24) is 0 Å². The van der Waals surface area contributed by atoms with Gasteiger partial charge in [-0.25, -0.2) is 0 Å². The van der Waals surface area contributed by atoms with Crippen LogP contribution in [0.4, 0.5) is 0 Å². The summed E-state index contributed by atoms with van der Waals surface area (Å²) >= 11 is 0. The minimum atomic E-state index is -0.696. The molecule has 2 heterocycles. The normalized spacial score (nSPS) is 24.3. The molecule has 0 saturated carbocycles. The van der Waals surface area contributed by atoms with Gasteiger partial charge < -0.3 is 19.1 Å². The van der Waals surface area contributed by atoms with E-state index in [1.165, 1.54) is 0 Å². The lowest BCUT2D eigenvalue weighted by atomic mass is 9.88. The minimum Gasteiger partial charge on any atom is -0.492 e. The van der Waals surface area contributed by atoms with Crippen molar-refractivity contribution in [2.45, 2.75) is 25.4 Å². The van der Waals surface area contributed by atoms with E-state index in [1.807, 2.05) is 13.1 Å². The largest absolute Gasteiger partial charge is 0.492 e. The predicted octanol–water partition coefficient (Wildman–Crippen LogP) is 0.201. The van der Waals surface area contributed by atoms with Crippen molar-refractivity contribution in [1.29, 1.82) is 0 Å². The van der Waals surface area contributed by atoms with E-state index >= 15 is 0 Å². The first kappa shape index (κ1) is 13.9. The van der Waals surface area contributed by atoms with Gasteiger partial charge in [0.15, 0.2) is 17.5 Å². The highest BCUT2D eigenvalue weighted by Crippen LogP contribution is 2.47. The second-order valence-electron chi connectivity index (χ2n) is 5.57. The van der Waals surface area contributed by atoms with Crippen LogP contribution in [0.3, 0.4) is 0 Å². The van der Waals surface area contributed by atoms with Gasteiger partial charge in [-0.2, -0.15) is 0 Å². The first-order valence-electron chi connectivity index (χ1n) is 6.99. The van der Waals surface area contributed by atoms with Gasteiger partial charge in [-0.3, -0.25) is 10.1 Å². The molecule has 0 bridgehead atoms. The fourth-order valence-corrected chi connectivity index (χ4v) is 3.34. The molecule has 1 aromatic carbocycles. The topological polar surface area (TPSA) is 75.3 Å². The Bertz CT molecular complexity index is 589. The average Bonchev–Trinajstić information content (AvgIpc) is 2.92. The molecule has 1 aromatic rings. The molecule has 2 aliphatic heterocycles. The van der Waals surface area contributed by atoms with Gasteiger partial charge >= 0.3 is 0 Å². The molecule has 7 nitrogen and oxygen atoms in total. The summed E-state index contributed by atoms with van der Waals surface area (Å²) in [5.41, 5.74) is 1.94. The molecule has 1 unspecified atom stereocenters. The SMILES string of the molecule is COc1c2c(cc3c1[C@@H]([C@@H](C)[N+](=O)[O-])[NH+](C)CC3)OCO2. The summed E-state index contributed by atoms with van der Waals surface area (Å²) in [4.78, 5) is 12.2. The Morgan fingerprint density at radius 2 is 2.29 bits per heavy atom. The van der Waals surface area contributed by atoms with Gasteiger partial charge in [0.05, 0.1) is 26.3 Å². The van der Waals surface area contributed by atoms with Crippen LogP contribution < -0.4 is 19.1 Å². The Labute approximate surface area is 122 Å². The Hall–Kier alpha value is -2.02. The predicted molar refractivity (Wildman–Crippen MR) is 73.8 cm³/mol. The maximum atomic E-state index is 11.3. The number of hydrogen-bond donors (Lipinski definition) is 1. The van der Waals surface area contributed by atoms with Crippen LogP contribution in [0.1, 0.15) is 24.1 Å². The summed E-state index contributed by atoms with van der Waals surface area (Å²) in [6.07, 6.45) is 0.842. The van der Waals surface area contributed by atoms with Gasteiger partial charge in [0.2, 0.25) is 12.5 Å². The number of rotatable bonds is 3. The fraction of sp³-hybridized carbons (Fsp3) is 0.571. The van der Waals surface area contributed by atoms with Crippen molar-refractivity contribution < 1.29 is 24.0 Å². The number of benzene rings is 1. The number of nitro groups is 1. The van der Waals surface area contributed by atoms with Gasteiger partial charge in [-0.1, -0.05) is 0 Å². The number of ether oxygens (including phenoxy) is 3. The molecule has 0 fully saturated rings. The molecule has 0 amide bonds. The summed E-state index contributed by atoms with van der Waals surface area (Å²) in [7, 11) is 3.55. The number of hydrogen-bond acceptors (Lipinski definition) is 5. The van der Waals surface area contributed by atoms with Crippen molar-refractivity contribution in [3.63, 3.8) is 0 Å². The molecule has 0 radical (unpaired) electrons. The maximum Gasteiger partial charge on any atom is 0.265 e. The monoisotopic (exact) mass is 295 g/mol. The molecular formula is C14H19N2O5+. The molecule has 0 spiro atoms. The molecule has 7 heteroatoms. The van der Waals surface area contributed by atoms with Crippen molar-refractivity contribution in [3.05, 3.63) is 27.3 Å². The number of methoxy groups -OCH3 is 1. The third-order valence-corrected chi connectivity index (χ3v) is 4.39. The van der Waals surface area contributed by atoms with Gasteiger partial charge in [-0.15, -0.1) is 0 Å². The lowest BCUT2D eigenvalue weighted by Gasteiger charge is -2.33. The van der Waals surface area contributed by atoms with Crippen LogP contribution in [0.2, 0.25) is 0 Å². The van der Waals surface area contributed by atoms with E-state index in [2.05, 4.69) is 0 Å². The second kappa shape index (κ2) is 5.07. The maximum absolute atomic E-state index is 11.3. The summed E-state index contributed by atoms with van der Waals surface area (Å²) in [5.74, 6) is 1.81. The highest BCUT2D eigenvalue weighted by atomic mass is 16.7. The van der Waals surface area contributed by atoms with Gasteiger partial charge in [0, 0.05) is 18.3 Å². The number of nitrogens with zero attached hydrogens (tertiary/aromatic N) is 1. The Balaban J connectivity index is 2.18. The Morgan fingerprint density at radius 3 is 2.95 bits per heavy atom. The quantitative estimate of drug-likeness (QED) is 0.637. The number of fused-ring (bicyclic) bond motifs is 2. The summed E-state index contributed by atoms with van der Waals surface area (Å²) < 4.78 is 16.4. The zero-order chi connectivity index (χ0) is 15.1. The van der Waals surface area contributed by atoms with Crippen molar-refractivity contribution in [2.24, 2.45) is 0 Å². The number of nitrogens with one attached hydrogen (secondary N) is 1. The molecule has 0 aliphatic carbocycles. The van der Waals surface area contributed by atoms with E-state index in [-0.39, 0.29) is 17.8 Å².